The summed E-state index contributed by atoms with van der Waals surface area (Å²) < 4.78 is 11.1. The first kappa shape index (κ1) is 16.5. The van der Waals surface area contributed by atoms with E-state index in [1.54, 1.807) is 0 Å². The van der Waals surface area contributed by atoms with Gasteiger partial charge >= 0.3 is 0 Å². The lowest BCUT2D eigenvalue weighted by molar-refractivity contribution is -0.130. The molecule has 0 bridgehead atoms. The Morgan fingerprint density at radius 2 is 1.62 bits per heavy atom. The maximum absolute atomic E-state index is 12.9. The summed E-state index contributed by atoms with van der Waals surface area (Å²) in [5.41, 5.74) is 0.571. The van der Waals surface area contributed by atoms with Crippen molar-refractivity contribution in [1.82, 2.24) is 5.32 Å². The standard InChI is InChI=1S/C20H23NO3/c22-19(21-13-16-24-18-9-5-2-6-10-18)20(11-14-23-15-12-20)17-7-3-1-4-8-17/h1-10H,11-16H2,(H,21,22). The minimum Gasteiger partial charge on any atom is -0.492 e. The molecule has 1 N–H and O–H groups in total. The molecule has 0 aromatic heterocycles. The Hall–Kier alpha value is -2.33. The van der Waals surface area contributed by atoms with Gasteiger partial charge in [0.1, 0.15) is 12.4 Å². The summed E-state index contributed by atoms with van der Waals surface area (Å²) in [7, 11) is 0. The van der Waals surface area contributed by atoms with E-state index in [-0.39, 0.29) is 5.91 Å². The number of benzene rings is 2. The zero-order chi connectivity index (χ0) is 16.7. The van der Waals surface area contributed by atoms with Crippen LogP contribution in [0.1, 0.15) is 18.4 Å². The van der Waals surface area contributed by atoms with Gasteiger partial charge in [-0.2, -0.15) is 0 Å². The SMILES string of the molecule is O=C(NCCOc1ccccc1)C1(c2ccccc2)CCOCC1. The Balaban J connectivity index is 1.60. The zero-order valence-corrected chi connectivity index (χ0v) is 13.7. The van der Waals surface area contributed by atoms with Crippen LogP contribution in [0.15, 0.2) is 60.7 Å². The van der Waals surface area contributed by atoms with E-state index in [9.17, 15) is 4.79 Å². The summed E-state index contributed by atoms with van der Waals surface area (Å²) in [6.07, 6.45) is 1.42. The Bertz CT molecular complexity index is 636. The van der Waals surface area contributed by atoms with Gasteiger partial charge in [0.25, 0.3) is 0 Å². The lowest BCUT2D eigenvalue weighted by atomic mass is 9.73. The van der Waals surface area contributed by atoms with E-state index in [1.807, 2.05) is 60.7 Å². The van der Waals surface area contributed by atoms with Crippen molar-refractivity contribution in [3.63, 3.8) is 0 Å². The Labute approximate surface area is 142 Å². The van der Waals surface area contributed by atoms with Crippen LogP contribution in [-0.2, 0) is 14.9 Å². The third-order valence-corrected chi connectivity index (χ3v) is 4.51. The van der Waals surface area contributed by atoms with Crippen LogP contribution in [0.25, 0.3) is 0 Å². The van der Waals surface area contributed by atoms with Gasteiger partial charge in [-0.1, -0.05) is 48.5 Å². The summed E-state index contributed by atoms with van der Waals surface area (Å²) >= 11 is 0. The highest BCUT2D eigenvalue weighted by Gasteiger charge is 2.41. The normalized spacial score (nSPS) is 16.3. The Morgan fingerprint density at radius 3 is 2.29 bits per heavy atom. The lowest BCUT2D eigenvalue weighted by Gasteiger charge is -2.36. The van der Waals surface area contributed by atoms with Crippen molar-refractivity contribution in [3.8, 4) is 5.75 Å². The molecule has 0 saturated carbocycles. The van der Waals surface area contributed by atoms with Crippen molar-refractivity contribution in [2.45, 2.75) is 18.3 Å². The fraction of sp³-hybridized carbons (Fsp3) is 0.350. The summed E-state index contributed by atoms with van der Waals surface area (Å²) in [6.45, 7) is 2.17. The van der Waals surface area contributed by atoms with Gasteiger partial charge < -0.3 is 14.8 Å². The third-order valence-electron chi connectivity index (χ3n) is 4.51. The average molecular weight is 325 g/mol. The first-order chi connectivity index (χ1) is 11.8. The third kappa shape index (κ3) is 3.77. The van der Waals surface area contributed by atoms with Crippen LogP contribution in [0.4, 0.5) is 0 Å². The highest BCUT2D eigenvalue weighted by atomic mass is 16.5. The van der Waals surface area contributed by atoms with E-state index < -0.39 is 5.41 Å². The molecule has 0 spiro atoms. The number of hydrogen-bond donors (Lipinski definition) is 1. The molecule has 0 unspecified atom stereocenters. The number of carbonyl (C=O) groups is 1. The number of ether oxygens (including phenoxy) is 2. The van der Waals surface area contributed by atoms with E-state index >= 15 is 0 Å². The summed E-state index contributed by atoms with van der Waals surface area (Å²) in [5.74, 6) is 0.879. The molecule has 0 atom stereocenters. The number of para-hydroxylation sites is 1. The highest BCUT2D eigenvalue weighted by Crippen LogP contribution is 2.35. The van der Waals surface area contributed by atoms with E-state index in [0.717, 1.165) is 11.3 Å². The molecule has 2 aromatic carbocycles. The van der Waals surface area contributed by atoms with Crippen LogP contribution < -0.4 is 10.1 Å². The molecule has 1 aliphatic rings. The van der Waals surface area contributed by atoms with Crippen LogP contribution in [0.5, 0.6) is 5.75 Å². The molecular formula is C20H23NO3. The van der Waals surface area contributed by atoms with Crippen molar-refractivity contribution in [2.24, 2.45) is 0 Å². The quantitative estimate of drug-likeness (QED) is 0.831. The van der Waals surface area contributed by atoms with Gasteiger partial charge in [0.05, 0.1) is 12.0 Å². The Morgan fingerprint density at radius 1 is 1.00 bits per heavy atom. The maximum atomic E-state index is 12.9. The molecule has 24 heavy (non-hydrogen) atoms. The predicted molar refractivity (Wildman–Crippen MR) is 93.1 cm³/mol. The number of rotatable bonds is 6. The number of hydrogen-bond acceptors (Lipinski definition) is 3. The van der Waals surface area contributed by atoms with Crippen molar-refractivity contribution >= 4 is 5.91 Å². The van der Waals surface area contributed by atoms with Gasteiger partial charge in [-0.25, -0.2) is 0 Å². The van der Waals surface area contributed by atoms with Crippen LogP contribution in [0, 0.1) is 0 Å². The van der Waals surface area contributed by atoms with Gasteiger partial charge in [0.2, 0.25) is 5.91 Å². The number of amides is 1. The molecule has 1 aliphatic heterocycles. The molecule has 2 aromatic rings. The summed E-state index contributed by atoms with van der Waals surface area (Å²) in [5, 5.41) is 3.04. The van der Waals surface area contributed by atoms with Crippen LogP contribution in [0.3, 0.4) is 0 Å². The topological polar surface area (TPSA) is 47.6 Å². The molecule has 1 amide bonds. The maximum Gasteiger partial charge on any atom is 0.230 e. The Kier molecular flexibility index (Phi) is 5.49. The first-order valence-electron chi connectivity index (χ1n) is 8.41. The van der Waals surface area contributed by atoms with Gasteiger partial charge in [0, 0.05) is 13.2 Å². The molecule has 126 valence electrons. The molecular weight excluding hydrogens is 302 g/mol. The van der Waals surface area contributed by atoms with Crippen molar-refractivity contribution in [2.75, 3.05) is 26.4 Å². The van der Waals surface area contributed by atoms with Crippen LogP contribution in [-0.4, -0.2) is 32.3 Å². The minimum absolute atomic E-state index is 0.0636. The van der Waals surface area contributed by atoms with Gasteiger partial charge in [0.15, 0.2) is 0 Å². The fourth-order valence-electron chi connectivity index (χ4n) is 3.14. The van der Waals surface area contributed by atoms with Crippen molar-refractivity contribution in [1.29, 1.82) is 0 Å². The second kappa shape index (κ2) is 7.97. The number of carbonyl (C=O) groups excluding carboxylic acids is 1. The molecule has 4 heteroatoms. The second-order valence-electron chi connectivity index (χ2n) is 5.98. The average Bonchev–Trinajstić information content (AvgIpc) is 2.67. The summed E-state index contributed by atoms with van der Waals surface area (Å²) in [6, 6.07) is 19.6. The molecule has 0 aliphatic carbocycles. The molecule has 1 fully saturated rings. The van der Waals surface area contributed by atoms with E-state index in [2.05, 4.69) is 5.32 Å². The first-order valence-corrected chi connectivity index (χ1v) is 8.41. The van der Waals surface area contributed by atoms with Gasteiger partial charge in [-0.05, 0) is 30.5 Å². The molecule has 3 rings (SSSR count). The van der Waals surface area contributed by atoms with Gasteiger partial charge in [-0.3, -0.25) is 4.79 Å². The van der Waals surface area contributed by atoms with Crippen molar-refractivity contribution in [3.05, 3.63) is 66.2 Å². The van der Waals surface area contributed by atoms with E-state index in [0.29, 0.717) is 39.2 Å². The van der Waals surface area contributed by atoms with Crippen LogP contribution in [0.2, 0.25) is 0 Å². The molecule has 4 nitrogen and oxygen atoms in total. The fourth-order valence-corrected chi connectivity index (χ4v) is 3.14. The minimum atomic E-state index is -0.494. The van der Waals surface area contributed by atoms with Crippen LogP contribution >= 0.6 is 0 Å². The van der Waals surface area contributed by atoms with Gasteiger partial charge in [-0.15, -0.1) is 0 Å². The monoisotopic (exact) mass is 325 g/mol. The second-order valence-corrected chi connectivity index (χ2v) is 5.98. The smallest absolute Gasteiger partial charge is 0.230 e. The summed E-state index contributed by atoms with van der Waals surface area (Å²) in [4.78, 5) is 12.9. The molecule has 1 heterocycles. The number of nitrogens with one attached hydrogen (secondary N) is 1. The van der Waals surface area contributed by atoms with Crippen molar-refractivity contribution < 1.29 is 14.3 Å². The molecule has 1 saturated heterocycles. The zero-order valence-electron chi connectivity index (χ0n) is 13.7. The van der Waals surface area contributed by atoms with E-state index in [1.165, 1.54) is 0 Å². The largest absolute Gasteiger partial charge is 0.492 e. The van der Waals surface area contributed by atoms with E-state index in [4.69, 9.17) is 9.47 Å². The highest BCUT2D eigenvalue weighted by molar-refractivity contribution is 5.88. The lowest BCUT2D eigenvalue weighted by Crippen LogP contribution is -2.48. The predicted octanol–water partition coefficient (Wildman–Crippen LogP) is 2.93. The molecule has 0 radical (unpaired) electrons.